The van der Waals surface area contributed by atoms with Crippen molar-refractivity contribution < 1.29 is 9.13 Å². The van der Waals surface area contributed by atoms with Gasteiger partial charge in [-0.3, -0.25) is 4.98 Å². The molecule has 0 fully saturated rings. The number of hydrogen-bond acceptors (Lipinski definition) is 3. The molecule has 0 aliphatic rings. The molecule has 0 aromatic carbocycles. The average molecular weight is 253 g/mol. The molecular formula is C12H10ClFN2O. The summed E-state index contributed by atoms with van der Waals surface area (Å²) < 4.78 is 19.2. The molecule has 2 aromatic rings. The van der Waals surface area contributed by atoms with E-state index < -0.39 is 5.82 Å². The lowest BCUT2D eigenvalue weighted by Gasteiger charge is -2.08. The molecule has 0 N–H and O–H groups in total. The molecule has 2 aromatic heterocycles. The maximum absolute atomic E-state index is 13.8. The fourth-order valence-electron chi connectivity index (χ4n) is 1.32. The summed E-state index contributed by atoms with van der Waals surface area (Å²) in [5.74, 6) is -0.0628. The topological polar surface area (TPSA) is 35.0 Å². The Morgan fingerprint density at radius 3 is 2.82 bits per heavy atom. The minimum absolute atomic E-state index is 0.0801. The lowest BCUT2D eigenvalue weighted by atomic mass is 10.3. The van der Waals surface area contributed by atoms with Gasteiger partial charge >= 0.3 is 0 Å². The SMILES string of the molecule is Cc1ncccc1Oc1nccc(CCl)c1F. The Morgan fingerprint density at radius 2 is 2.12 bits per heavy atom. The van der Waals surface area contributed by atoms with Crippen LogP contribution >= 0.6 is 11.6 Å². The molecule has 0 aliphatic heterocycles. The van der Waals surface area contributed by atoms with Crippen molar-refractivity contribution in [2.45, 2.75) is 12.8 Å². The molecule has 0 atom stereocenters. The Balaban J connectivity index is 2.34. The number of pyridine rings is 2. The Morgan fingerprint density at radius 1 is 1.29 bits per heavy atom. The summed E-state index contributed by atoms with van der Waals surface area (Å²) in [6.45, 7) is 1.78. The van der Waals surface area contributed by atoms with Gasteiger partial charge in [-0.15, -0.1) is 11.6 Å². The van der Waals surface area contributed by atoms with Crippen molar-refractivity contribution in [3.8, 4) is 11.6 Å². The highest BCUT2D eigenvalue weighted by atomic mass is 35.5. The number of aromatic nitrogens is 2. The predicted octanol–water partition coefficient (Wildman–Crippen LogP) is 3.46. The summed E-state index contributed by atoms with van der Waals surface area (Å²) in [5.41, 5.74) is 1.03. The molecule has 17 heavy (non-hydrogen) atoms. The number of alkyl halides is 1. The lowest BCUT2D eigenvalue weighted by molar-refractivity contribution is 0.416. The van der Waals surface area contributed by atoms with E-state index in [2.05, 4.69) is 9.97 Å². The van der Waals surface area contributed by atoms with Crippen molar-refractivity contribution in [3.63, 3.8) is 0 Å². The molecule has 5 heteroatoms. The summed E-state index contributed by atoms with van der Waals surface area (Å²) in [6.07, 6.45) is 3.10. The summed E-state index contributed by atoms with van der Waals surface area (Å²) in [5, 5.41) is 0. The van der Waals surface area contributed by atoms with Crippen molar-refractivity contribution in [3.05, 3.63) is 47.7 Å². The van der Waals surface area contributed by atoms with Gasteiger partial charge in [0.1, 0.15) is 0 Å². The first-order chi connectivity index (χ1) is 8.22. The third kappa shape index (κ3) is 2.53. The second-order valence-corrected chi connectivity index (χ2v) is 3.68. The molecular weight excluding hydrogens is 243 g/mol. The van der Waals surface area contributed by atoms with Crippen LogP contribution in [0.15, 0.2) is 30.6 Å². The van der Waals surface area contributed by atoms with Crippen molar-refractivity contribution in [1.82, 2.24) is 9.97 Å². The predicted molar refractivity (Wildman–Crippen MR) is 62.8 cm³/mol. The number of aryl methyl sites for hydroxylation is 1. The molecule has 0 aliphatic carbocycles. The van der Waals surface area contributed by atoms with Crippen LogP contribution in [0.3, 0.4) is 0 Å². The van der Waals surface area contributed by atoms with Gasteiger partial charge in [-0.2, -0.15) is 0 Å². The monoisotopic (exact) mass is 252 g/mol. The lowest BCUT2D eigenvalue weighted by Crippen LogP contribution is -1.97. The molecule has 2 rings (SSSR count). The quantitative estimate of drug-likeness (QED) is 0.785. The minimum Gasteiger partial charge on any atom is -0.435 e. The third-order valence-corrected chi connectivity index (χ3v) is 2.53. The number of halogens is 2. The minimum atomic E-state index is -0.536. The van der Waals surface area contributed by atoms with Crippen LogP contribution in [-0.4, -0.2) is 9.97 Å². The summed E-state index contributed by atoms with van der Waals surface area (Å²) in [7, 11) is 0. The van der Waals surface area contributed by atoms with Crippen molar-refractivity contribution >= 4 is 11.6 Å². The van der Waals surface area contributed by atoms with Crippen molar-refractivity contribution in [2.24, 2.45) is 0 Å². The molecule has 0 radical (unpaired) electrons. The first-order valence-electron chi connectivity index (χ1n) is 5.01. The average Bonchev–Trinajstić information content (AvgIpc) is 2.34. The smallest absolute Gasteiger partial charge is 0.256 e. The van der Waals surface area contributed by atoms with Crippen LogP contribution in [0.1, 0.15) is 11.3 Å². The number of ether oxygens (including phenoxy) is 1. The molecule has 0 amide bonds. The molecule has 0 unspecified atom stereocenters. The van der Waals surface area contributed by atoms with Crippen molar-refractivity contribution in [2.75, 3.05) is 0 Å². The van der Waals surface area contributed by atoms with E-state index in [0.717, 1.165) is 0 Å². The number of nitrogens with zero attached hydrogens (tertiary/aromatic N) is 2. The van der Waals surface area contributed by atoms with E-state index in [1.807, 2.05) is 0 Å². The Kier molecular flexibility index (Phi) is 3.54. The Bertz CT molecular complexity index is 534. The third-order valence-electron chi connectivity index (χ3n) is 2.25. The maximum atomic E-state index is 13.8. The van der Waals surface area contributed by atoms with Crippen LogP contribution in [0.25, 0.3) is 0 Å². The van der Waals surface area contributed by atoms with Gasteiger partial charge < -0.3 is 4.74 Å². The zero-order valence-corrected chi connectivity index (χ0v) is 9.91. The second kappa shape index (κ2) is 5.10. The van der Waals surface area contributed by atoms with E-state index in [9.17, 15) is 4.39 Å². The van der Waals surface area contributed by atoms with Crippen LogP contribution in [0, 0.1) is 12.7 Å². The van der Waals surface area contributed by atoms with Crippen LogP contribution in [0.2, 0.25) is 0 Å². The van der Waals surface area contributed by atoms with Gasteiger partial charge in [-0.25, -0.2) is 9.37 Å². The second-order valence-electron chi connectivity index (χ2n) is 3.41. The highest BCUT2D eigenvalue weighted by Crippen LogP contribution is 2.25. The van der Waals surface area contributed by atoms with E-state index in [-0.39, 0.29) is 11.8 Å². The van der Waals surface area contributed by atoms with Crippen LogP contribution in [0.4, 0.5) is 4.39 Å². The van der Waals surface area contributed by atoms with Crippen LogP contribution in [0.5, 0.6) is 11.6 Å². The first-order valence-corrected chi connectivity index (χ1v) is 5.54. The molecule has 0 spiro atoms. The Hall–Kier alpha value is -1.68. The molecule has 0 bridgehead atoms. The highest BCUT2D eigenvalue weighted by Gasteiger charge is 2.12. The largest absolute Gasteiger partial charge is 0.435 e. The first kappa shape index (κ1) is 11.8. The standard InChI is InChI=1S/C12H10ClFN2O/c1-8-10(3-2-5-15-8)17-12-11(14)9(7-13)4-6-16-12/h2-6H,7H2,1H3. The van der Waals surface area contributed by atoms with Gasteiger partial charge in [-0.1, -0.05) is 0 Å². The fourth-order valence-corrected chi connectivity index (χ4v) is 1.52. The van der Waals surface area contributed by atoms with Gasteiger partial charge in [0.05, 0.1) is 11.6 Å². The van der Waals surface area contributed by atoms with Gasteiger partial charge in [0.2, 0.25) is 0 Å². The maximum Gasteiger partial charge on any atom is 0.256 e. The molecule has 0 saturated carbocycles. The normalized spacial score (nSPS) is 10.3. The van der Waals surface area contributed by atoms with E-state index in [4.69, 9.17) is 16.3 Å². The van der Waals surface area contributed by atoms with E-state index in [1.54, 1.807) is 25.3 Å². The molecule has 2 heterocycles. The fraction of sp³-hybridized carbons (Fsp3) is 0.167. The van der Waals surface area contributed by atoms with Gasteiger partial charge in [0, 0.05) is 18.0 Å². The highest BCUT2D eigenvalue weighted by molar-refractivity contribution is 6.17. The molecule has 3 nitrogen and oxygen atoms in total. The Labute approximate surface area is 103 Å². The van der Waals surface area contributed by atoms with Gasteiger partial charge in [-0.05, 0) is 25.1 Å². The van der Waals surface area contributed by atoms with Crippen LogP contribution in [-0.2, 0) is 5.88 Å². The summed E-state index contributed by atoms with van der Waals surface area (Å²) in [6, 6.07) is 4.94. The zero-order valence-electron chi connectivity index (χ0n) is 9.15. The zero-order chi connectivity index (χ0) is 12.3. The van der Waals surface area contributed by atoms with E-state index >= 15 is 0 Å². The van der Waals surface area contributed by atoms with Gasteiger partial charge in [0.15, 0.2) is 11.6 Å². The van der Waals surface area contributed by atoms with Crippen LogP contribution < -0.4 is 4.74 Å². The summed E-state index contributed by atoms with van der Waals surface area (Å²) in [4.78, 5) is 7.89. The van der Waals surface area contributed by atoms with E-state index in [1.165, 1.54) is 12.3 Å². The number of rotatable bonds is 3. The van der Waals surface area contributed by atoms with Crippen molar-refractivity contribution in [1.29, 1.82) is 0 Å². The summed E-state index contributed by atoms with van der Waals surface area (Å²) >= 11 is 5.60. The number of hydrogen-bond donors (Lipinski definition) is 0. The van der Waals surface area contributed by atoms with E-state index in [0.29, 0.717) is 17.0 Å². The molecule has 0 saturated heterocycles. The van der Waals surface area contributed by atoms with Gasteiger partial charge in [0.25, 0.3) is 5.88 Å². The molecule has 88 valence electrons.